The predicted molar refractivity (Wildman–Crippen MR) is 62.0 cm³/mol. The molecule has 2 aromatic heterocycles. The number of rotatable bonds is 1. The Labute approximate surface area is 98.1 Å². The Kier molecular flexibility index (Phi) is 2.21. The number of halogens is 1. The van der Waals surface area contributed by atoms with Crippen LogP contribution in [0.25, 0.3) is 5.78 Å². The van der Waals surface area contributed by atoms with Gasteiger partial charge in [-0.2, -0.15) is 14.6 Å². The molecular weight excluding hydrogens is 226 g/mol. The number of nitrogens with zero attached hydrogens (tertiary/aromatic N) is 5. The fourth-order valence-corrected chi connectivity index (χ4v) is 2.36. The molecule has 1 saturated heterocycles. The third-order valence-corrected chi connectivity index (χ3v) is 3.36. The summed E-state index contributed by atoms with van der Waals surface area (Å²) in [4.78, 5) is 10.7. The van der Waals surface area contributed by atoms with Crippen LogP contribution < -0.4 is 4.90 Å². The van der Waals surface area contributed by atoms with E-state index >= 15 is 0 Å². The highest BCUT2D eigenvalue weighted by Crippen LogP contribution is 2.30. The van der Waals surface area contributed by atoms with E-state index in [-0.39, 0.29) is 0 Å². The van der Waals surface area contributed by atoms with Gasteiger partial charge in [0.05, 0.1) is 5.69 Å². The lowest BCUT2D eigenvalue weighted by atomic mass is 10.4. The molecule has 1 aliphatic heterocycles. The van der Waals surface area contributed by atoms with Crippen molar-refractivity contribution in [2.24, 2.45) is 0 Å². The zero-order valence-corrected chi connectivity index (χ0v) is 9.78. The van der Waals surface area contributed by atoms with Gasteiger partial charge in [0.2, 0.25) is 0 Å². The first-order valence-electron chi connectivity index (χ1n) is 5.38. The molecule has 0 unspecified atom stereocenters. The lowest BCUT2D eigenvalue weighted by Crippen LogP contribution is -2.22. The number of hydrogen-bond donors (Lipinski definition) is 0. The molecule has 5 nitrogen and oxygen atoms in total. The van der Waals surface area contributed by atoms with Crippen LogP contribution in [0, 0.1) is 6.92 Å². The predicted octanol–water partition coefficient (Wildman–Crippen LogP) is 1.69. The number of fused-ring (bicyclic) bond motifs is 1. The Hall–Kier alpha value is -1.36. The number of hydrogen-bond acceptors (Lipinski definition) is 4. The van der Waals surface area contributed by atoms with Crippen molar-refractivity contribution >= 4 is 23.2 Å². The third-order valence-electron chi connectivity index (χ3n) is 2.92. The molecular formula is C10H12ClN5. The summed E-state index contributed by atoms with van der Waals surface area (Å²) in [5, 5.41) is 4.86. The molecule has 0 atom stereocenters. The van der Waals surface area contributed by atoms with Gasteiger partial charge in [0.25, 0.3) is 5.78 Å². The molecule has 3 heterocycles. The summed E-state index contributed by atoms with van der Waals surface area (Å²) < 4.78 is 1.72. The van der Waals surface area contributed by atoms with Gasteiger partial charge in [0.1, 0.15) is 11.3 Å². The molecule has 1 fully saturated rings. The number of aromatic nitrogens is 4. The second-order valence-corrected chi connectivity index (χ2v) is 4.38. The molecule has 0 spiro atoms. The average molecular weight is 238 g/mol. The van der Waals surface area contributed by atoms with Gasteiger partial charge in [-0.3, -0.25) is 0 Å². The highest BCUT2D eigenvalue weighted by molar-refractivity contribution is 6.33. The first-order chi connectivity index (χ1) is 7.77. The van der Waals surface area contributed by atoms with Crippen LogP contribution in [0.4, 0.5) is 5.82 Å². The van der Waals surface area contributed by atoms with Crippen molar-refractivity contribution in [1.82, 2.24) is 19.6 Å². The maximum Gasteiger partial charge on any atom is 0.254 e. The van der Waals surface area contributed by atoms with Gasteiger partial charge in [-0.1, -0.05) is 11.6 Å². The van der Waals surface area contributed by atoms with Crippen molar-refractivity contribution in [1.29, 1.82) is 0 Å². The first-order valence-corrected chi connectivity index (χ1v) is 5.76. The summed E-state index contributed by atoms with van der Waals surface area (Å²) in [6.07, 6.45) is 3.92. The standard InChI is InChI=1S/C10H12ClN5/c1-7-8(11)9(15-4-2-3-5-15)16-10(14-7)12-6-13-16/h6H,2-5H2,1H3. The van der Waals surface area contributed by atoms with Gasteiger partial charge >= 0.3 is 0 Å². The fourth-order valence-electron chi connectivity index (χ4n) is 2.12. The topological polar surface area (TPSA) is 46.3 Å². The maximum absolute atomic E-state index is 6.32. The van der Waals surface area contributed by atoms with Gasteiger partial charge in [-0.25, -0.2) is 4.98 Å². The Bertz CT molecular complexity index is 529. The van der Waals surface area contributed by atoms with Crippen LogP contribution in [0.2, 0.25) is 5.02 Å². The number of anilines is 1. The van der Waals surface area contributed by atoms with E-state index in [1.54, 1.807) is 4.52 Å². The van der Waals surface area contributed by atoms with E-state index in [4.69, 9.17) is 11.6 Å². The minimum absolute atomic E-state index is 0.615. The summed E-state index contributed by atoms with van der Waals surface area (Å²) in [6.45, 7) is 3.95. The van der Waals surface area contributed by atoms with Crippen LogP contribution in [0.1, 0.15) is 18.5 Å². The Morgan fingerprint density at radius 3 is 2.81 bits per heavy atom. The normalized spacial score (nSPS) is 16.2. The Morgan fingerprint density at radius 2 is 2.06 bits per heavy atom. The van der Waals surface area contributed by atoms with E-state index in [0.29, 0.717) is 10.8 Å². The highest BCUT2D eigenvalue weighted by Gasteiger charge is 2.21. The highest BCUT2D eigenvalue weighted by atomic mass is 35.5. The molecule has 6 heteroatoms. The minimum Gasteiger partial charge on any atom is -0.355 e. The summed E-state index contributed by atoms with van der Waals surface area (Å²) in [5.41, 5.74) is 0.809. The lowest BCUT2D eigenvalue weighted by molar-refractivity contribution is 0.845. The second-order valence-electron chi connectivity index (χ2n) is 4.00. The molecule has 2 aromatic rings. The molecule has 0 radical (unpaired) electrons. The SMILES string of the molecule is Cc1nc2ncnn2c(N2CCCC2)c1Cl. The van der Waals surface area contributed by atoms with Crippen LogP contribution in [0.15, 0.2) is 6.33 Å². The zero-order chi connectivity index (χ0) is 11.1. The third kappa shape index (κ3) is 1.35. The van der Waals surface area contributed by atoms with Crippen molar-refractivity contribution in [3.63, 3.8) is 0 Å². The van der Waals surface area contributed by atoms with Gasteiger partial charge in [-0.05, 0) is 19.8 Å². The molecule has 3 rings (SSSR count). The van der Waals surface area contributed by atoms with Crippen LogP contribution in [0.5, 0.6) is 0 Å². The van der Waals surface area contributed by atoms with Crippen molar-refractivity contribution in [2.75, 3.05) is 18.0 Å². The number of aryl methyl sites for hydroxylation is 1. The molecule has 0 amide bonds. The first kappa shape index (κ1) is 9.84. The molecule has 0 N–H and O–H groups in total. The van der Waals surface area contributed by atoms with E-state index in [0.717, 1.165) is 24.6 Å². The molecule has 84 valence electrons. The van der Waals surface area contributed by atoms with Crippen LogP contribution >= 0.6 is 11.6 Å². The van der Waals surface area contributed by atoms with Gasteiger partial charge in [0.15, 0.2) is 5.82 Å². The maximum atomic E-state index is 6.32. The lowest BCUT2D eigenvalue weighted by Gasteiger charge is -2.20. The van der Waals surface area contributed by atoms with Gasteiger partial charge in [0, 0.05) is 13.1 Å². The quantitative estimate of drug-likeness (QED) is 0.757. The molecule has 16 heavy (non-hydrogen) atoms. The fraction of sp³-hybridized carbons (Fsp3) is 0.500. The second kappa shape index (κ2) is 3.59. The molecule has 1 aliphatic rings. The monoisotopic (exact) mass is 237 g/mol. The van der Waals surface area contributed by atoms with E-state index in [1.807, 2.05) is 6.92 Å². The molecule has 0 saturated carbocycles. The summed E-state index contributed by atoms with van der Waals surface area (Å²) in [7, 11) is 0. The van der Waals surface area contributed by atoms with Crippen LogP contribution in [0.3, 0.4) is 0 Å². The summed E-state index contributed by atoms with van der Waals surface area (Å²) in [6, 6.07) is 0. The average Bonchev–Trinajstić information content (AvgIpc) is 2.89. The molecule has 0 aliphatic carbocycles. The van der Waals surface area contributed by atoms with Crippen molar-refractivity contribution < 1.29 is 0 Å². The Balaban J connectivity index is 2.26. The van der Waals surface area contributed by atoms with Gasteiger partial charge in [-0.15, -0.1) is 0 Å². The van der Waals surface area contributed by atoms with Crippen molar-refractivity contribution in [3.8, 4) is 0 Å². The van der Waals surface area contributed by atoms with Crippen LogP contribution in [-0.2, 0) is 0 Å². The molecule has 0 bridgehead atoms. The zero-order valence-electron chi connectivity index (χ0n) is 9.02. The molecule has 0 aromatic carbocycles. The smallest absolute Gasteiger partial charge is 0.254 e. The van der Waals surface area contributed by atoms with E-state index in [2.05, 4.69) is 20.0 Å². The largest absolute Gasteiger partial charge is 0.355 e. The minimum atomic E-state index is 0.615. The van der Waals surface area contributed by atoms with E-state index in [1.165, 1.54) is 19.2 Å². The van der Waals surface area contributed by atoms with E-state index < -0.39 is 0 Å². The van der Waals surface area contributed by atoms with Gasteiger partial charge < -0.3 is 4.90 Å². The Morgan fingerprint density at radius 1 is 1.31 bits per heavy atom. The van der Waals surface area contributed by atoms with Crippen LogP contribution in [-0.4, -0.2) is 32.7 Å². The summed E-state index contributed by atoms with van der Waals surface area (Å²) >= 11 is 6.32. The van der Waals surface area contributed by atoms with Crippen molar-refractivity contribution in [3.05, 3.63) is 17.0 Å². The van der Waals surface area contributed by atoms with Crippen molar-refractivity contribution in [2.45, 2.75) is 19.8 Å². The van der Waals surface area contributed by atoms with E-state index in [9.17, 15) is 0 Å². The summed E-state index contributed by atoms with van der Waals surface area (Å²) in [5.74, 6) is 1.54.